The van der Waals surface area contributed by atoms with Crippen LogP contribution in [0.15, 0.2) is 218 Å². The second-order valence-corrected chi connectivity index (χ2v) is 15.3. The maximum absolute atomic E-state index is 10.5. The van der Waals surface area contributed by atoms with Crippen molar-refractivity contribution in [3.05, 3.63) is 230 Å². The molecular weight excluding hydrogens is 665 g/mol. The van der Waals surface area contributed by atoms with Crippen LogP contribution in [0.4, 0.5) is 0 Å². The summed E-state index contributed by atoms with van der Waals surface area (Å²) < 4.78 is 0. The first-order valence-electron chi connectivity index (χ1n) is 15.7. The molecule has 0 saturated carbocycles. The van der Waals surface area contributed by atoms with Gasteiger partial charge in [-0.2, -0.15) is 36.4 Å². The fourth-order valence-electron chi connectivity index (χ4n) is 5.05. The van der Waals surface area contributed by atoms with Gasteiger partial charge in [0.25, 0.3) is 0 Å². The largest absolute Gasteiger partial charge is 0.504 e. The fourth-order valence-corrected chi connectivity index (χ4v) is 9.84. The molecule has 0 spiro atoms. The van der Waals surface area contributed by atoms with Crippen LogP contribution in [0.1, 0.15) is 5.56 Å². The average molecular weight is 704 g/mol. The molecule has 0 amide bonds. The molecule has 0 radical (unpaired) electrons. The predicted octanol–water partition coefficient (Wildman–Crippen LogP) is 9.07. The number of rotatable bonds is 7. The number of aliphatic hydroxyl groups is 1. The third-order valence-corrected chi connectivity index (χ3v) is 12.5. The van der Waals surface area contributed by atoms with Crippen LogP contribution in [0.3, 0.4) is 0 Å². The summed E-state index contributed by atoms with van der Waals surface area (Å²) in [6, 6.07) is 75.5. The Bertz CT molecular complexity index is 1700. The predicted molar refractivity (Wildman–Crippen MR) is 209 cm³/mol. The summed E-state index contributed by atoms with van der Waals surface area (Å²) in [4.78, 5) is 0. The zero-order valence-electron chi connectivity index (χ0n) is 26.5. The summed E-state index contributed by atoms with van der Waals surface area (Å²) in [5.74, 6) is 2.37. The number of hydrogen-bond donors (Lipinski definition) is 1. The first kappa shape index (κ1) is 36.3. The van der Waals surface area contributed by atoms with Crippen LogP contribution >= 0.6 is 15.8 Å². The maximum atomic E-state index is 10.5. The molecular formula is C44H39NiOP2+. The molecule has 0 aliphatic rings. The summed E-state index contributed by atoms with van der Waals surface area (Å²) in [6.07, 6.45) is 0. The van der Waals surface area contributed by atoms with Crippen molar-refractivity contribution in [3.63, 3.8) is 0 Å². The van der Waals surface area contributed by atoms with Crippen molar-refractivity contribution in [3.8, 4) is 0 Å². The van der Waals surface area contributed by atoms with Gasteiger partial charge >= 0.3 is 0 Å². The quantitative estimate of drug-likeness (QED) is 0.0760. The molecule has 4 heteroatoms. The van der Waals surface area contributed by atoms with Gasteiger partial charge in [-0.15, -0.1) is 0 Å². The molecule has 1 nitrogen and oxygen atoms in total. The number of benzene rings is 7. The van der Waals surface area contributed by atoms with E-state index in [1.165, 1.54) is 26.5 Å². The fraction of sp³-hybridized carbons (Fsp3) is 0. The average Bonchev–Trinajstić information content (AvgIpc) is 3.17. The van der Waals surface area contributed by atoms with E-state index in [0.717, 1.165) is 5.56 Å². The standard InChI is InChI=1S/C20H17OP.C18H15P.C6H5.Ni/c21-20(17-10-4-1-5-11-17)16-22(18-12-6-2-7-13-18)19-14-8-3-9-15-19;1-4-10-16(11-5-1)19(17-12-6-2-7-13-17)18-14-8-3-9-15-18;1-2-4-6-5-3-1;/h1-16,21H;1-15H;1-5H;/q;;-1;/p+2/b20-16-;;;. The van der Waals surface area contributed by atoms with Gasteiger partial charge in [-0.3, -0.25) is 0 Å². The Hall–Kier alpha value is -4.57. The Labute approximate surface area is 298 Å². The molecule has 0 saturated heterocycles. The van der Waals surface area contributed by atoms with Crippen LogP contribution in [0.2, 0.25) is 0 Å². The minimum absolute atomic E-state index is 0. The molecule has 0 heterocycles. The molecule has 7 aromatic rings. The third-order valence-electron chi connectivity index (χ3n) is 7.31. The van der Waals surface area contributed by atoms with E-state index in [-0.39, 0.29) is 16.5 Å². The summed E-state index contributed by atoms with van der Waals surface area (Å²) >= 11 is 0. The zero-order chi connectivity index (χ0) is 32.4. The van der Waals surface area contributed by atoms with Gasteiger partial charge in [0.1, 0.15) is 32.3 Å². The van der Waals surface area contributed by atoms with Gasteiger partial charge < -0.3 is 5.11 Å². The Morgan fingerprint density at radius 3 is 0.979 bits per heavy atom. The molecule has 0 unspecified atom stereocenters. The van der Waals surface area contributed by atoms with Gasteiger partial charge in [-0.05, 0) is 60.7 Å². The van der Waals surface area contributed by atoms with Crippen molar-refractivity contribution in [2.24, 2.45) is 0 Å². The number of hydrogen-bond acceptors (Lipinski definition) is 1. The Morgan fingerprint density at radius 1 is 0.396 bits per heavy atom. The second kappa shape index (κ2) is 20.6. The maximum Gasteiger partial charge on any atom is 0.158 e. The minimum atomic E-state index is -1.16. The van der Waals surface area contributed by atoms with E-state index < -0.39 is 15.8 Å². The topological polar surface area (TPSA) is 20.2 Å². The third kappa shape index (κ3) is 11.3. The van der Waals surface area contributed by atoms with Gasteiger partial charge in [0.2, 0.25) is 0 Å². The Morgan fingerprint density at radius 2 is 0.688 bits per heavy atom. The summed E-state index contributed by atoms with van der Waals surface area (Å²) in [6.45, 7) is 0. The van der Waals surface area contributed by atoms with E-state index >= 15 is 0 Å². The van der Waals surface area contributed by atoms with Gasteiger partial charge in [-0.25, -0.2) is 0 Å². The van der Waals surface area contributed by atoms with E-state index in [9.17, 15) is 5.11 Å². The van der Waals surface area contributed by atoms with E-state index in [2.05, 4.69) is 146 Å². The molecule has 0 bridgehead atoms. The Kier molecular flexibility index (Phi) is 15.6. The van der Waals surface area contributed by atoms with Gasteiger partial charge in [-0.1, -0.05) is 121 Å². The van der Waals surface area contributed by atoms with Crippen molar-refractivity contribution in [2.45, 2.75) is 0 Å². The summed E-state index contributed by atoms with van der Waals surface area (Å²) in [7, 11) is -2.04. The molecule has 0 aliphatic heterocycles. The minimum Gasteiger partial charge on any atom is -0.504 e. The van der Waals surface area contributed by atoms with E-state index in [1.807, 2.05) is 78.6 Å². The normalized spacial score (nSPS) is 10.5. The van der Waals surface area contributed by atoms with Crippen LogP contribution in [-0.2, 0) is 16.5 Å². The van der Waals surface area contributed by atoms with Crippen molar-refractivity contribution < 1.29 is 21.6 Å². The van der Waals surface area contributed by atoms with Crippen LogP contribution in [0, 0.1) is 6.07 Å². The van der Waals surface area contributed by atoms with Gasteiger partial charge in [0.05, 0.1) is 15.8 Å². The van der Waals surface area contributed by atoms with Crippen LogP contribution < -0.4 is 26.5 Å². The SMILES string of the molecule is O/C(=C\[PH+](c1ccccc1)c1ccccc1)c1ccccc1.[Ni].[c-]1ccccc1.c1ccc([PH+](c2ccccc2)c2ccccc2)cc1. The van der Waals surface area contributed by atoms with E-state index in [1.54, 1.807) is 0 Å². The van der Waals surface area contributed by atoms with Gasteiger partial charge in [0.15, 0.2) is 5.76 Å². The van der Waals surface area contributed by atoms with Crippen molar-refractivity contribution in [2.75, 3.05) is 0 Å². The van der Waals surface area contributed by atoms with Crippen molar-refractivity contribution in [1.82, 2.24) is 0 Å². The smallest absolute Gasteiger partial charge is 0.158 e. The van der Waals surface area contributed by atoms with Crippen molar-refractivity contribution >= 4 is 48.1 Å². The molecule has 0 aromatic heterocycles. The van der Waals surface area contributed by atoms with Crippen LogP contribution in [-0.4, -0.2) is 5.11 Å². The van der Waals surface area contributed by atoms with Crippen LogP contribution in [0.5, 0.6) is 0 Å². The van der Waals surface area contributed by atoms with Gasteiger partial charge in [0, 0.05) is 22.1 Å². The molecule has 48 heavy (non-hydrogen) atoms. The first-order valence-corrected chi connectivity index (χ1v) is 18.8. The molecule has 7 rings (SSSR count). The molecule has 0 fully saturated rings. The Balaban J connectivity index is 0.000000183. The number of aliphatic hydroxyl groups excluding tert-OH is 1. The van der Waals surface area contributed by atoms with Crippen molar-refractivity contribution in [1.29, 1.82) is 0 Å². The monoisotopic (exact) mass is 703 g/mol. The molecule has 0 aliphatic carbocycles. The van der Waals surface area contributed by atoms with E-state index in [4.69, 9.17) is 0 Å². The molecule has 240 valence electrons. The molecule has 0 atom stereocenters. The zero-order valence-corrected chi connectivity index (χ0v) is 29.5. The van der Waals surface area contributed by atoms with E-state index in [0.29, 0.717) is 5.76 Å². The first-order chi connectivity index (χ1) is 23.3. The second-order valence-electron chi connectivity index (χ2n) is 10.6. The summed E-state index contributed by atoms with van der Waals surface area (Å²) in [5, 5.41) is 17.3. The van der Waals surface area contributed by atoms with Crippen LogP contribution in [0.25, 0.3) is 5.76 Å². The molecule has 7 aromatic carbocycles. The molecule has 1 N–H and O–H groups in total. The summed E-state index contributed by atoms with van der Waals surface area (Å²) in [5.41, 5.74) is 0.858.